The minimum atomic E-state index is 0.523. The van der Waals surface area contributed by atoms with Gasteiger partial charge in [-0.1, -0.05) is 11.6 Å². The van der Waals surface area contributed by atoms with Crippen LogP contribution in [0.25, 0.3) is 22.6 Å². The van der Waals surface area contributed by atoms with Crippen LogP contribution in [0.15, 0.2) is 30.3 Å². The highest BCUT2D eigenvalue weighted by molar-refractivity contribution is 6.31. The smallest absolute Gasteiger partial charge is 0.215 e. The summed E-state index contributed by atoms with van der Waals surface area (Å²) in [6, 6.07) is 8.93. The molecule has 1 aromatic carbocycles. The maximum Gasteiger partial charge on any atom is 0.215 e. The van der Waals surface area contributed by atoms with Crippen molar-refractivity contribution in [3.05, 3.63) is 35.4 Å². The van der Waals surface area contributed by atoms with Crippen LogP contribution in [0.2, 0.25) is 5.02 Å². The van der Waals surface area contributed by atoms with E-state index in [-0.39, 0.29) is 0 Å². The minimum absolute atomic E-state index is 0.523. The van der Waals surface area contributed by atoms with Crippen LogP contribution in [0.1, 0.15) is 0 Å². The highest BCUT2D eigenvalue weighted by Gasteiger charge is 2.10. The Bertz CT molecular complexity index is 753. The Morgan fingerprint density at radius 2 is 2.05 bits per heavy atom. The summed E-state index contributed by atoms with van der Waals surface area (Å²) in [5.74, 6) is 1.18. The normalized spacial score (nSPS) is 10.8. The Hall–Kier alpha value is -2.27. The number of rotatable bonds is 2. The minimum Gasteiger partial charge on any atom is -0.481 e. The zero-order chi connectivity index (χ0) is 13.4. The maximum absolute atomic E-state index is 5.94. The van der Waals surface area contributed by atoms with Gasteiger partial charge in [-0.25, -0.2) is 4.98 Å². The van der Waals surface area contributed by atoms with Gasteiger partial charge in [-0.05, 0) is 24.3 Å². The molecule has 6 heteroatoms. The van der Waals surface area contributed by atoms with Crippen molar-refractivity contribution >= 4 is 28.5 Å². The predicted octanol–water partition coefficient (Wildman–Crippen LogP) is 2.87. The van der Waals surface area contributed by atoms with Gasteiger partial charge in [-0.2, -0.15) is 4.98 Å². The van der Waals surface area contributed by atoms with Gasteiger partial charge in [0.15, 0.2) is 5.65 Å². The van der Waals surface area contributed by atoms with Crippen molar-refractivity contribution in [2.24, 2.45) is 0 Å². The molecule has 3 rings (SSSR count). The average molecular weight is 275 g/mol. The zero-order valence-corrected chi connectivity index (χ0v) is 10.9. The second kappa shape index (κ2) is 4.44. The topological polar surface area (TPSA) is 76.8 Å². The lowest BCUT2D eigenvalue weighted by Gasteiger charge is -2.01. The van der Waals surface area contributed by atoms with E-state index in [1.165, 1.54) is 0 Å². The number of nitrogens with two attached hydrogens (primary N) is 1. The average Bonchev–Trinajstić information content (AvgIpc) is 2.80. The third-order valence-corrected chi connectivity index (χ3v) is 3.03. The molecular formula is C13H11ClN4O. The molecule has 0 saturated carbocycles. The molecule has 0 aliphatic carbocycles. The number of methoxy groups -OCH3 is 1. The number of nitrogens with zero attached hydrogens (tertiary/aromatic N) is 2. The molecule has 5 nitrogen and oxygen atoms in total. The van der Waals surface area contributed by atoms with E-state index in [1.807, 2.05) is 12.1 Å². The molecule has 0 aliphatic rings. The highest BCUT2D eigenvalue weighted by Crippen LogP contribution is 2.28. The standard InChI is InChI=1S/C13H11ClN4O/c1-19-11-5-4-10-13(17-11)18-12(16-10)8-3-2-7(14)6-9(8)15/h2-6H,15H2,1H3,(H,16,17,18). The number of benzene rings is 1. The first-order chi connectivity index (χ1) is 9.17. The summed E-state index contributed by atoms with van der Waals surface area (Å²) in [4.78, 5) is 11.8. The van der Waals surface area contributed by atoms with Crippen molar-refractivity contribution in [3.8, 4) is 17.3 Å². The van der Waals surface area contributed by atoms with Gasteiger partial charge >= 0.3 is 0 Å². The van der Waals surface area contributed by atoms with Crippen molar-refractivity contribution < 1.29 is 4.74 Å². The second-order valence-corrected chi connectivity index (χ2v) is 4.48. The summed E-state index contributed by atoms with van der Waals surface area (Å²) in [6.45, 7) is 0. The van der Waals surface area contributed by atoms with E-state index in [2.05, 4.69) is 15.0 Å². The molecule has 2 aromatic heterocycles. The molecule has 3 N–H and O–H groups in total. The zero-order valence-electron chi connectivity index (χ0n) is 10.1. The summed E-state index contributed by atoms with van der Waals surface area (Å²) < 4.78 is 5.07. The summed E-state index contributed by atoms with van der Waals surface area (Å²) >= 11 is 5.88. The molecule has 0 amide bonds. The van der Waals surface area contributed by atoms with Crippen molar-refractivity contribution in [2.45, 2.75) is 0 Å². The molecule has 96 valence electrons. The van der Waals surface area contributed by atoms with E-state index in [0.29, 0.717) is 28.1 Å². The van der Waals surface area contributed by atoms with E-state index in [9.17, 15) is 0 Å². The Kier molecular flexibility index (Phi) is 2.76. The van der Waals surface area contributed by atoms with Crippen molar-refractivity contribution in [1.29, 1.82) is 0 Å². The summed E-state index contributed by atoms with van der Waals surface area (Å²) in [7, 11) is 1.57. The van der Waals surface area contributed by atoms with Gasteiger partial charge in [-0.3, -0.25) is 0 Å². The van der Waals surface area contributed by atoms with E-state index in [4.69, 9.17) is 22.1 Å². The Labute approximate surface area is 114 Å². The first-order valence-electron chi connectivity index (χ1n) is 5.63. The van der Waals surface area contributed by atoms with Crippen molar-refractivity contribution in [3.63, 3.8) is 0 Å². The third kappa shape index (κ3) is 2.08. The number of ether oxygens (including phenoxy) is 1. The first kappa shape index (κ1) is 11.8. The maximum atomic E-state index is 5.94. The molecule has 0 fully saturated rings. The fourth-order valence-corrected chi connectivity index (χ4v) is 2.05. The van der Waals surface area contributed by atoms with Crippen LogP contribution in [-0.4, -0.2) is 22.1 Å². The molecule has 0 saturated heterocycles. The summed E-state index contributed by atoms with van der Waals surface area (Å²) in [5.41, 5.74) is 8.71. The largest absolute Gasteiger partial charge is 0.481 e. The SMILES string of the molecule is COc1ccc2[nH]c(-c3ccc(Cl)cc3N)nc2n1. The molecule has 0 atom stereocenters. The van der Waals surface area contributed by atoms with E-state index in [1.54, 1.807) is 25.3 Å². The van der Waals surface area contributed by atoms with Gasteiger partial charge in [0, 0.05) is 22.3 Å². The number of pyridine rings is 1. The number of hydrogen-bond acceptors (Lipinski definition) is 4. The van der Waals surface area contributed by atoms with Crippen molar-refractivity contribution in [2.75, 3.05) is 12.8 Å². The number of anilines is 1. The van der Waals surface area contributed by atoms with Gasteiger partial charge in [0.25, 0.3) is 0 Å². The van der Waals surface area contributed by atoms with Crippen LogP contribution in [0.4, 0.5) is 5.69 Å². The van der Waals surface area contributed by atoms with Crippen LogP contribution >= 0.6 is 11.6 Å². The van der Waals surface area contributed by atoms with Gasteiger partial charge in [-0.15, -0.1) is 0 Å². The van der Waals surface area contributed by atoms with Crippen LogP contribution in [0, 0.1) is 0 Å². The highest BCUT2D eigenvalue weighted by atomic mass is 35.5. The van der Waals surface area contributed by atoms with Gasteiger partial charge < -0.3 is 15.5 Å². The molecule has 0 spiro atoms. The fraction of sp³-hybridized carbons (Fsp3) is 0.0769. The number of aromatic nitrogens is 3. The molecule has 19 heavy (non-hydrogen) atoms. The molecular weight excluding hydrogens is 264 g/mol. The van der Waals surface area contributed by atoms with Crippen LogP contribution in [0.3, 0.4) is 0 Å². The Morgan fingerprint density at radius 1 is 1.21 bits per heavy atom. The molecule has 0 radical (unpaired) electrons. The third-order valence-electron chi connectivity index (χ3n) is 2.80. The number of hydrogen-bond donors (Lipinski definition) is 2. The summed E-state index contributed by atoms with van der Waals surface area (Å²) in [6.07, 6.45) is 0. The molecule has 0 bridgehead atoms. The second-order valence-electron chi connectivity index (χ2n) is 4.04. The van der Waals surface area contributed by atoms with Gasteiger partial charge in [0.2, 0.25) is 5.88 Å². The number of H-pyrrole nitrogens is 1. The first-order valence-corrected chi connectivity index (χ1v) is 6.01. The number of halogens is 1. The van der Waals surface area contributed by atoms with Gasteiger partial charge in [0.1, 0.15) is 5.82 Å². The lowest BCUT2D eigenvalue weighted by Crippen LogP contribution is -1.91. The lowest BCUT2D eigenvalue weighted by atomic mass is 10.2. The number of imidazole rings is 1. The lowest BCUT2D eigenvalue weighted by molar-refractivity contribution is 0.399. The molecule has 2 heterocycles. The Balaban J connectivity index is 2.14. The van der Waals surface area contributed by atoms with Crippen molar-refractivity contribution in [1.82, 2.24) is 15.0 Å². The van der Waals surface area contributed by atoms with Crippen LogP contribution in [-0.2, 0) is 0 Å². The van der Waals surface area contributed by atoms with Crippen LogP contribution < -0.4 is 10.5 Å². The molecule has 3 aromatic rings. The van der Waals surface area contributed by atoms with E-state index >= 15 is 0 Å². The number of aromatic amines is 1. The fourth-order valence-electron chi connectivity index (χ4n) is 1.87. The quantitative estimate of drug-likeness (QED) is 0.705. The molecule has 0 unspecified atom stereocenters. The number of nitrogen functional groups attached to an aromatic ring is 1. The van der Waals surface area contributed by atoms with Crippen LogP contribution in [0.5, 0.6) is 5.88 Å². The van der Waals surface area contributed by atoms with E-state index in [0.717, 1.165) is 11.1 Å². The summed E-state index contributed by atoms with van der Waals surface area (Å²) in [5, 5.41) is 0.595. The molecule has 0 aliphatic heterocycles. The number of fused-ring (bicyclic) bond motifs is 1. The van der Waals surface area contributed by atoms with E-state index < -0.39 is 0 Å². The Morgan fingerprint density at radius 3 is 2.79 bits per heavy atom. The monoisotopic (exact) mass is 274 g/mol. The number of nitrogens with one attached hydrogen (secondary N) is 1. The predicted molar refractivity (Wildman–Crippen MR) is 75.3 cm³/mol. The van der Waals surface area contributed by atoms with Gasteiger partial charge in [0.05, 0.1) is 12.6 Å².